The summed E-state index contributed by atoms with van der Waals surface area (Å²) in [6.07, 6.45) is 9.44. The third-order valence-corrected chi connectivity index (χ3v) is 8.65. The van der Waals surface area contributed by atoms with E-state index in [2.05, 4.69) is 40.4 Å². The highest BCUT2D eigenvalue weighted by molar-refractivity contribution is 6.35. The predicted octanol–water partition coefficient (Wildman–Crippen LogP) is 8.95. The van der Waals surface area contributed by atoms with Gasteiger partial charge in [-0.25, -0.2) is 0 Å². The summed E-state index contributed by atoms with van der Waals surface area (Å²) in [5, 5.41) is 13.7. The summed E-state index contributed by atoms with van der Waals surface area (Å²) in [5.41, 5.74) is 7.44. The van der Waals surface area contributed by atoms with Gasteiger partial charge in [0.25, 0.3) is 0 Å². The van der Waals surface area contributed by atoms with Crippen LogP contribution in [0.1, 0.15) is 46.7 Å². The molecule has 2 heterocycles. The second kappa shape index (κ2) is 17.5. The Morgan fingerprint density at radius 2 is 1.58 bits per heavy atom. The van der Waals surface area contributed by atoms with Crippen LogP contribution in [0.5, 0.6) is 17.2 Å². The molecule has 0 spiro atoms. The van der Waals surface area contributed by atoms with Crippen LogP contribution in [-0.2, 0) is 26.1 Å². The van der Waals surface area contributed by atoms with Gasteiger partial charge in [-0.3, -0.25) is 9.97 Å². The third kappa shape index (κ3) is 9.26. The van der Waals surface area contributed by atoms with E-state index >= 15 is 0 Å². The number of halogens is 2. The quantitative estimate of drug-likeness (QED) is 0.104. The fourth-order valence-corrected chi connectivity index (χ4v) is 5.81. The highest BCUT2D eigenvalue weighted by atomic mass is 35.5. The molecule has 0 radical (unpaired) electrons. The Bertz CT molecular complexity index is 1860. The molecule has 0 aliphatic carbocycles. The molecule has 0 unspecified atom stereocenters. The summed E-state index contributed by atoms with van der Waals surface area (Å²) in [6.45, 7) is 6.98. The Hall–Kier alpha value is -4.61. The highest BCUT2D eigenvalue weighted by Crippen LogP contribution is 2.38. The molecular weight excluding hydrogens is 643 g/mol. The Labute approximate surface area is 292 Å². The zero-order chi connectivity index (χ0) is 33.7. The maximum Gasteiger partial charge on any atom is 0.142 e. The van der Waals surface area contributed by atoms with E-state index in [4.69, 9.17) is 37.4 Å². The molecule has 0 aliphatic heterocycles. The molecule has 0 saturated heterocycles. The molecule has 0 aliphatic rings. The fourth-order valence-electron chi connectivity index (χ4n) is 5.29. The fraction of sp³-hybridized carbons (Fsp3) is 0.256. The lowest BCUT2D eigenvalue weighted by molar-refractivity contribution is 0.287. The number of aromatic nitrogens is 2. The average Bonchev–Trinajstić information content (AvgIpc) is 3.11. The van der Waals surface area contributed by atoms with Crippen LogP contribution in [0, 0.1) is 18.3 Å². The van der Waals surface area contributed by atoms with Crippen LogP contribution in [-0.4, -0.2) is 29.7 Å². The third-order valence-electron chi connectivity index (χ3n) is 7.97. The number of hydrogen-bond acceptors (Lipinski definition) is 7. The number of nitriles is 1. The molecule has 0 saturated carbocycles. The van der Waals surface area contributed by atoms with Crippen LogP contribution in [0.2, 0.25) is 10.0 Å². The number of ether oxygens (including phenoxy) is 3. The van der Waals surface area contributed by atoms with Gasteiger partial charge in [0, 0.05) is 42.0 Å². The molecule has 0 fully saturated rings. The lowest BCUT2D eigenvalue weighted by Crippen LogP contribution is -2.20. The minimum Gasteiger partial charge on any atom is -0.492 e. The summed E-state index contributed by atoms with van der Waals surface area (Å²) in [5.74, 6) is 1.86. The molecule has 48 heavy (non-hydrogen) atoms. The molecule has 0 amide bonds. The van der Waals surface area contributed by atoms with E-state index in [1.54, 1.807) is 18.5 Å². The van der Waals surface area contributed by atoms with E-state index in [-0.39, 0.29) is 6.61 Å². The Kier molecular flexibility index (Phi) is 12.7. The zero-order valence-corrected chi connectivity index (χ0v) is 28.7. The summed E-state index contributed by atoms with van der Waals surface area (Å²) in [6, 6.07) is 23.6. The van der Waals surface area contributed by atoms with E-state index in [0.29, 0.717) is 46.1 Å². The van der Waals surface area contributed by atoms with Gasteiger partial charge in [-0.1, -0.05) is 66.5 Å². The van der Waals surface area contributed by atoms with Crippen molar-refractivity contribution in [2.24, 2.45) is 0 Å². The van der Waals surface area contributed by atoms with Crippen LogP contribution in [0.25, 0.3) is 11.1 Å². The highest BCUT2D eigenvalue weighted by Gasteiger charge is 2.15. The number of pyridine rings is 2. The molecule has 0 atom stereocenters. The number of nitrogens with one attached hydrogen (secondary N) is 1. The molecule has 9 heteroatoms. The lowest BCUT2D eigenvalue weighted by Gasteiger charge is -2.17. The first-order valence-electron chi connectivity index (χ1n) is 16.0. The minimum atomic E-state index is 0.269. The summed E-state index contributed by atoms with van der Waals surface area (Å²) in [4.78, 5) is 8.28. The minimum absolute atomic E-state index is 0.269. The van der Waals surface area contributed by atoms with Gasteiger partial charge in [-0.15, -0.1) is 0 Å². The second-order valence-electron chi connectivity index (χ2n) is 11.3. The van der Waals surface area contributed by atoms with Crippen molar-refractivity contribution in [3.63, 3.8) is 0 Å². The van der Waals surface area contributed by atoms with E-state index in [1.165, 1.54) is 11.8 Å². The molecule has 1 N–H and O–H groups in total. The van der Waals surface area contributed by atoms with Gasteiger partial charge in [-0.2, -0.15) is 5.26 Å². The van der Waals surface area contributed by atoms with Gasteiger partial charge < -0.3 is 19.5 Å². The van der Waals surface area contributed by atoms with Crippen molar-refractivity contribution in [2.45, 2.75) is 46.3 Å². The standard InChI is InChI=1S/C39H38Cl2N4O3/c1-3-31-19-35(40)38(20-37(31)47-25-30-18-29(21-42)23-45-24-30)48-26-32-9-4-10-33(27(32)2)34-11-5-12-36(39(34)41)46-17-7-15-43-16-13-28-8-6-14-44-22-28/h4-6,8-12,14,18-20,22-24,43H,3,7,13,15-17,25-26H2,1-2H3. The van der Waals surface area contributed by atoms with E-state index in [1.807, 2.05) is 61.7 Å². The molecule has 0 bridgehead atoms. The maximum absolute atomic E-state index is 9.19. The summed E-state index contributed by atoms with van der Waals surface area (Å²) >= 11 is 13.5. The number of aryl methyl sites for hydroxylation is 1. The van der Waals surface area contributed by atoms with Crippen LogP contribution < -0.4 is 19.5 Å². The number of rotatable bonds is 16. The zero-order valence-electron chi connectivity index (χ0n) is 27.1. The monoisotopic (exact) mass is 680 g/mol. The Morgan fingerprint density at radius 1 is 0.771 bits per heavy atom. The topological polar surface area (TPSA) is 89.3 Å². The van der Waals surface area contributed by atoms with Crippen molar-refractivity contribution in [1.82, 2.24) is 15.3 Å². The molecule has 3 aromatic carbocycles. The van der Waals surface area contributed by atoms with E-state index < -0.39 is 0 Å². The number of hydrogen-bond donors (Lipinski definition) is 1. The lowest BCUT2D eigenvalue weighted by atomic mass is 9.96. The van der Waals surface area contributed by atoms with Gasteiger partial charge in [0.05, 0.1) is 22.2 Å². The van der Waals surface area contributed by atoms with Crippen molar-refractivity contribution in [1.29, 1.82) is 5.26 Å². The molecule has 7 nitrogen and oxygen atoms in total. The van der Waals surface area contributed by atoms with Crippen LogP contribution in [0.4, 0.5) is 0 Å². The van der Waals surface area contributed by atoms with E-state index in [9.17, 15) is 5.26 Å². The van der Waals surface area contributed by atoms with Crippen molar-refractivity contribution in [2.75, 3.05) is 19.7 Å². The first kappa shape index (κ1) is 34.7. The second-order valence-corrected chi connectivity index (χ2v) is 12.1. The normalized spacial score (nSPS) is 10.8. The van der Waals surface area contributed by atoms with Gasteiger partial charge in [-0.05, 0) is 91.4 Å². The van der Waals surface area contributed by atoms with Crippen molar-refractivity contribution >= 4 is 23.2 Å². The summed E-state index contributed by atoms with van der Waals surface area (Å²) in [7, 11) is 0. The van der Waals surface area contributed by atoms with E-state index in [0.717, 1.165) is 65.7 Å². The maximum atomic E-state index is 9.19. The molecular formula is C39H38Cl2N4O3. The number of benzene rings is 3. The molecule has 2 aromatic heterocycles. The SMILES string of the molecule is CCc1cc(Cl)c(OCc2cccc(-c3cccc(OCCCNCCc4cccnc4)c3Cl)c2C)cc1OCc1cncc(C#N)c1. The van der Waals surface area contributed by atoms with Crippen LogP contribution in [0.3, 0.4) is 0 Å². The Morgan fingerprint density at radius 3 is 2.40 bits per heavy atom. The first-order valence-corrected chi connectivity index (χ1v) is 16.7. The van der Waals surface area contributed by atoms with Gasteiger partial charge in [0.1, 0.15) is 36.5 Å². The van der Waals surface area contributed by atoms with Crippen molar-refractivity contribution < 1.29 is 14.2 Å². The predicted molar refractivity (Wildman–Crippen MR) is 191 cm³/mol. The number of nitrogens with zero attached hydrogens (tertiary/aromatic N) is 3. The Balaban J connectivity index is 1.20. The van der Waals surface area contributed by atoms with Crippen molar-refractivity contribution in [3.8, 4) is 34.4 Å². The van der Waals surface area contributed by atoms with Crippen LogP contribution in [0.15, 0.2) is 91.5 Å². The van der Waals surface area contributed by atoms with Gasteiger partial charge >= 0.3 is 0 Å². The smallest absolute Gasteiger partial charge is 0.142 e. The molecule has 5 aromatic rings. The van der Waals surface area contributed by atoms with Crippen LogP contribution >= 0.6 is 23.2 Å². The molecule has 246 valence electrons. The van der Waals surface area contributed by atoms with Gasteiger partial charge in [0.2, 0.25) is 0 Å². The first-order chi connectivity index (χ1) is 23.5. The molecule has 5 rings (SSSR count). The average molecular weight is 682 g/mol. The van der Waals surface area contributed by atoms with Gasteiger partial charge in [0.15, 0.2) is 0 Å². The summed E-state index contributed by atoms with van der Waals surface area (Å²) < 4.78 is 18.5. The largest absolute Gasteiger partial charge is 0.492 e. The van der Waals surface area contributed by atoms with Crippen molar-refractivity contribution in [3.05, 3.63) is 135 Å².